The highest BCUT2D eigenvalue weighted by Crippen LogP contribution is 2.28. The van der Waals surface area contributed by atoms with Crippen LogP contribution in [0.15, 0.2) is 42.5 Å². The smallest absolute Gasteiger partial charge is 0.162 e. The van der Waals surface area contributed by atoms with E-state index in [1.165, 1.54) is 16.4 Å². The van der Waals surface area contributed by atoms with Gasteiger partial charge in [0.2, 0.25) is 0 Å². The lowest BCUT2D eigenvalue weighted by Crippen LogP contribution is -1.95. The summed E-state index contributed by atoms with van der Waals surface area (Å²) < 4.78 is 2.17. The van der Waals surface area contributed by atoms with Crippen LogP contribution in [0.25, 0.3) is 21.8 Å². The number of para-hydroxylation sites is 1. The van der Waals surface area contributed by atoms with Crippen molar-refractivity contribution in [3.8, 4) is 0 Å². The van der Waals surface area contributed by atoms with Crippen molar-refractivity contribution < 1.29 is 4.79 Å². The molecule has 2 aromatic carbocycles. The largest absolute Gasteiger partial charge is 0.344 e. The maximum atomic E-state index is 11.8. The van der Waals surface area contributed by atoms with Crippen LogP contribution >= 0.6 is 0 Å². The number of benzene rings is 2. The fraction of sp³-hybridized carbons (Fsp3) is 0.188. The van der Waals surface area contributed by atoms with Crippen LogP contribution < -0.4 is 0 Å². The van der Waals surface area contributed by atoms with E-state index in [1.54, 1.807) is 0 Å². The molecule has 90 valence electrons. The Morgan fingerprint density at radius 1 is 1.06 bits per heavy atom. The fourth-order valence-corrected chi connectivity index (χ4v) is 2.55. The van der Waals surface area contributed by atoms with Gasteiger partial charge in [-0.15, -0.1) is 0 Å². The molecule has 0 spiro atoms. The third kappa shape index (κ3) is 1.46. The number of ketones is 1. The number of aryl methyl sites for hydroxylation is 1. The van der Waals surface area contributed by atoms with Gasteiger partial charge >= 0.3 is 0 Å². The summed E-state index contributed by atoms with van der Waals surface area (Å²) in [7, 11) is 2.06. The van der Waals surface area contributed by atoms with Gasteiger partial charge < -0.3 is 4.57 Å². The second-order valence-corrected chi connectivity index (χ2v) is 4.58. The Bertz CT molecular complexity index is 752. The quantitative estimate of drug-likeness (QED) is 0.619. The van der Waals surface area contributed by atoms with Crippen molar-refractivity contribution >= 4 is 27.6 Å². The van der Waals surface area contributed by atoms with E-state index in [-0.39, 0.29) is 5.78 Å². The Labute approximate surface area is 106 Å². The number of carbonyl (C=O) groups excluding carboxylic acids is 1. The lowest BCUT2D eigenvalue weighted by molar-refractivity contribution is 0.0988. The molecule has 0 unspecified atom stereocenters. The lowest BCUT2D eigenvalue weighted by Gasteiger charge is -2.00. The summed E-state index contributed by atoms with van der Waals surface area (Å²) in [6, 6.07) is 14.3. The second kappa shape index (κ2) is 3.98. The van der Waals surface area contributed by atoms with Crippen LogP contribution in [0.2, 0.25) is 0 Å². The highest BCUT2D eigenvalue weighted by Gasteiger charge is 2.10. The number of carbonyl (C=O) groups is 1. The van der Waals surface area contributed by atoms with Crippen LogP contribution in [0.3, 0.4) is 0 Å². The van der Waals surface area contributed by atoms with Gasteiger partial charge in [-0.3, -0.25) is 4.79 Å². The molecule has 1 heterocycles. The highest BCUT2D eigenvalue weighted by atomic mass is 16.1. The first-order valence-electron chi connectivity index (χ1n) is 6.22. The van der Waals surface area contributed by atoms with Gasteiger partial charge in [0.05, 0.1) is 0 Å². The Morgan fingerprint density at radius 2 is 1.78 bits per heavy atom. The molecular formula is C16H15NO. The fourth-order valence-electron chi connectivity index (χ4n) is 2.55. The van der Waals surface area contributed by atoms with Gasteiger partial charge in [-0.05, 0) is 24.3 Å². The normalized spacial score (nSPS) is 11.2. The third-order valence-corrected chi connectivity index (χ3v) is 3.56. The van der Waals surface area contributed by atoms with Gasteiger partial charge in [0.1, 0.15) is 0 Å². The van der Waals surface area contributed by atoms with Crippen molar-refractivity contribution in [3.63, 3.8) is 0 Å². The molecule has 0 saturated heterocycles. The van der Waals surface area contributed by atoms with E-state index >= 15 is 0 Å². The van der Waals surface area contributed by atoms with Gasteiger partial charge in [0, 0.05) is 40.8 Å². The zero-order chi connectivity index (χ0) is 12.7. The summed E-state index contributed by atoms with van der Waals surface area (Å²) in [4.78, 5) is 11.8. The molecule has 2 nitrogen and oxygen atoms in total. The molecule has 0 bridgehead atoms. The van der Waals surface area contributed by atoms with E-state index in [4.69, 9.17) is 0 Å². The van der Waals surface area contributed by atoms with E-state index < -0.39 is 0 Å². The molecule has 0 amide bonds. The van der Waals surface area contributed by atoms with Crippen LogP contribution in [0.4, 0.5) is 0 Å². The van der Waals surface area contributed by atoms with Crippen LogP contribution in [0.5, 0.6) is 0 Å². The molecule has 18 heavy (non-hydrogen) atoms. The second-order valence-electron chi connectivity index (χ2n) is 4.58. The molecule has 1 aromatic heterocycles. The van der Waals surface area contributed by atoms with Gasteiger partial charge in [0.15, 0.2) is 5.78 Å². The average Bonchev–Trinajstić information content (AvgIpc) is 2.72. The Hall–Kier alpha value is -2.09. The first-order chi connectivity index (χ1) is 8.72. The molecule has 0 fully saturated rings. The number of aromatic nitrogens is 1. The van der Waals surface area contributed by atoms with Gasteiger partial charge in [-0.25, -0.2) is 0 Å². The standard InChI is InChI=1S/C16H15NO/c1-3-16(18)11-8-9-15-13(10-11)12-6-4-5-7-14(12)17(15)2/h4-10H,3H2,1-2H3. The number of rotatable bonds is 2. The third-order valence-electron chi connectivity index (χ3n) is 3.56. The summed E-state index contributed by atoms with van der Waals surface area (Å²) in [5, 5.41) is 2.37. The van der Waals surface area contributed by atoms with Crippen molar-refractivity contribution in [1.29, 1.82) is 0 Å². The van der Waals surface area contributed by atoms with Gasteiger partial charge in [-0.2, -0.15) is 0 Å². The minimum Gasteiger partial charge on any atom is -0.344 e. The van der Waals surface area contributed by atoms with Crippen molar-refractivity contribution in [2.45, 2.75) is 13.3 Å². The number of fused-ring (bicyclic) bond motifs is 3. The summed E-state index contributed by atoms with van der Waals surface area (Å²) >= 11 is 0. The van der Waals surface area contributed by atoms with Crippen LogP contribution in [-0.2, 0) is 7.05 Å². The summed E-state index contributed by atoms with van der Waals surface area (Å²) in [5.41, 5.74) is 3.18. The minimum absolute atomic E-state index is 0.199. The summed E-state index contributed by atoms with van der Waals surface area (Å²) in [5.74, 6) is 0.199. The lowest BCUT2D eigenvalue weighted by atomic mass is 10.1. The zero-order valence-electron chi connectivity index (χ0n) is 10.6. The van der Waals surface area contributed by atoms with E-state index in [2.05, 4.69) is 23.7 Å². The predicted octanol–water partition coefficient (Wildman–Crippen LogP) is 3.92. The molecule has 0 aliphatic carbocycles. The molecule has 0 N–H and O–H groups in total. The number of nitrogens with zero attached hydrogens (tertiary/aromatic N) is 1. The average molecular weight is 237 g/mol. The van der Waals surface area contributed by atoms with Crippen molar-refractivity contribution in [2.75, 3.05) is 0 Å². The number of hydrogen-bond acceptors (Lipinski definition) is 1. The molecule has 0 radical (unpaired) electrons. The van der Waals surface area contributed by atoms with Crippen LogP contribution in [0, 0.1) is 0 Å². The first kappa shape index (κ1) is 11.0. The topological polar surface area (TPSA) is 22.0 Å². The number of hydrogen-bond donors (Lipinski definition) is 0. The van der Waals surface area contributed by atoms with Crippen molar-refractivity contribution in [1.82, 2.24) is 4.57 Å². The minimum atomic E-state index is 0.199. The Balaban J connectivity index is 2.40. The Kier molecular flexibility index (Phi) is 2.44. The van der Waals surface area contributed by atoms with Crippen LogP contribution in [0.1, 0.15) is 23.7 Å². The highest BCUT2D eigenvalue weighted by molar-refractivity contribution is 6.10. The van der Waals surface area contributed by atoms with E-state index in [1.807, 2.05) is 37.3 Å². The monoisotopic (exact) mass is 237 g/mol. The molecular weight excluding hydrogens is 222 g/mol. The van der Waals surface area contributed by atoms with Gasteiger partial charge in [-0.1, -0.05) is 25.1 Å². The van der Waals surface area contributed by atoms with Gasteiger partial charge in [0.25, 0.3) is 0 Å². The molecule has 0 saturated carbocycles. The van der Waals surface area contributed by atoms with Crippen molar-refractivity contribution in [2.24, 2.45) is 7.05 Å². The van der Waals surface area contributed by atoms with Crippen molar-refractivity contribution in [3.05, 3.63) is 48.0 Å². The molecule has 0 aliphatic rings. The van der Waals surface area contributed by atoms with E-state index in [0.717, 1.165) is 10.9 Å². The Morgan fingerprint density at radius 3 is 2.56 bits per heavy atom. The molecule has 0 atom stereocenters. The molecule has 0 aliphatic heterocycles. The molecule has 3 rings (SSSR count). The number of Topliss-reactive ketones (excluding diaryl/α,β-unsaturated/α-hetero) is 1. The van der Waals surface area contributed by atoms with E-state index in [9.17, 15) is 4.79 Å². The maximum absolute atomic E-state index is 11.8. The zero-order valence-corrected chi connectivity index (χ0v) is 10.6. The van der Waals surface area contributed by atoms with E-state index in [0.29, 0.717) is 6.42 Å². The van der Waals surface area contributed by atoms with Crippen LogP contribution in [-0.4, -0.2) is 10.4 Å². The molecule has 3 aromatic rings. The molecule has 2 heteroatoms. The predicted molar refractivity (Wildman–Crippen MR) is 75.0 cm³/mol. The first-order valence-corrected chi connectivity index (χ1v) is 6.22. The SMILES string of the molecule is CCC(=O)c1ccc2c(c1)c1ccccc1n2C. The maximum Gasteiger partial charge on any atom is 0.162 e. The summed E-state index contributed by atoms with van der Waals surface area (Å²) in [6.45, 7) is 1.90. The summed E-state index contributed by atoms with van der Waals surface area (Å²) in [6.07, 6.45) is 0.552.